The Morgan fingerprint density at radius 2 is 2.30 bits per heavy atom. The van der Waals surface area contributed by atoms with Crippen molar-refractivity contribution in [1.29, 1.82) is 0 Å². The van der Waals surface area contributed by atoms with Crippen LogP contribution in [0.25, 0.3) is 0 Å². The fraction of sp³-hybridized carbons (Fsp3) is 0.308. The Labute approximate surface area is 116 Å². The molecular weight excluding hydrogens is 261 g/mol. The molecule has 0 spiro atoms. The van der Waals surface area contributed by atoms with E-state index >= 15 is 0 Å². The van der Waals surface area contributed by atoms with Crippen molar-refractivity contribution in [2.75, 3.05) is 12.3 Å². The van der Waals surface area contributed by atoms with E-state index in [1.807, 2.05) is 6.92 Å². The van der Waals surface area contributed by atoms with E-state index in [9.17, 15) is 9.18 Å². The summed E-state index contributed by atoms with van der Waals surface area (Å²) in [5, 5.41) is 3.86. The highest BCUT2D eigenvalue weighted by molar-refractivity contribution is 5.75. The number of hydrogen-bond acceptors (Lipinski definition) is 4. The first kappa shape index (κ1) is 14.0. The summed E-state index contributed by atoms with van der Waals surface area (Å²) in [6.07, 6.45) is 1.41. The maximum atomic E-state index is 13.1. The summed E-state index contributed by atoms with van der Waals surface area (Å²) in [6, 6.07) is 6.21. The Kier molecular flexibility index (Phi) is 4.29. The Bertz CT molecular complexity index is 598. The minimum absolute atomic E-state index is 0.0629. The molecule has 0 radical (unpaired) electrons. The standard InChI is InChI=1S/C13H16FN5O/c1-2-18(7-10-4-3-5-11(14)6-10)12(20)8-19-9-16-13(15)17-19/h3-6,9H,2,7-8H2,1H3,(H2,15,17). The Hall–Kier alpha value is -2.44. The van der Waals surface area contributed by atoms with Crippen LogP contribution in [-0.4, -0.2) is 32.1 Å². The van der Waals surface area contributed by atoms with E-state index in [0.717, 1.165) is 5.56 Å². The second-order valence-electron chi connectivity index (χ2n) is 4.34. The number of halogens is 1. The maximum Gasteiger partial charge on any atom is 0.244 e. The third kappa shape index (κ3) is 3.53. The molecule has 20 heavy (non-hydrogen) atoms. The quantitative estimate of drug-likeness (QED) is 0.886. The summed E-state index contributed by atoms with van der Waals surface area (Å²) in [4.78, 5) is 17.5. The normalized spacial score (nSPS) is 10.5. The molecule has 1 amide bonds. The number of anilines is 1. The van der Waals surface area contributed by atoms with Gasteiger partial charge in [-0.2, -0.15) is 0 Å². The lowest BCUT2D eigenvalue weighted by Gasteiger charge is -2.20. The number of aromatic nitrogens is 3. The molecule has 0 atom stereocenters. The van der Waals surface area contributed by atoms with Gasteiger partial charge in [0.2, 0.25) is 11.9 Å². The van der Waals surface area contributed by atoms with Crippen LogP contribution < -0.4 is 5.73 Å². The molecule has 1 aromatic heterocycles. The lowest BCUT2D eigenvalue weighted by atomic mass is 10.2. The fourth-order valence-electron chi connectivity index (χ4n) is 1.86. The van der Waals surface area contributed by atoms with Gasteiger partial charge in [-0.25, -0.2) is 14.1 Å². The van der Waals surface area contributed by atoms with Gasteiger partial charge >= 0.3 is 0 Å². The number of nitrogen functional groups attached to an aromatic ring is 1. The second-order valence-corrected chi connectivity index (χ2v) is 4.34. The monoisotopic (exact) mass is 277 g/mol. The van der Waals surface area contributed by atoms with Crippen molar-refractivity contribution in [3.05, 3.63) is 42.0 Å². The van der Waals surface area contributed by atoms with Crippen molar-refractivity contribution in [1.82, 2.24) is 19.7 Å². The molecule has 2 aromatic rings. The van der Waals surface area contributed by atoms with Crippen LogP contribution in [0.3, 0.4) is 0 Å². The van der Waals surface area contributed by atoms with Crippen LogP contribution in [0.4, 0.5) is 10.3 Å². The molecule has 0 fully saturated rings. The molecule has 1 heterocycles. The van der Waals surface area contributed by atoms with Crippen molar-refractivity contribution < 1.29 is 9.18 Å². The zero-order chi connectivity index (χ0) is 14.5. The van der Waals surface area contributed by atoms with Crippen LogP contribution in [0.1, 0.15) is 12.5 Å². The number of hydrogen-bond donors (Lipinski definition) is 1. The number of nitrogens with two attached hydrogens (primary N) is 1. The van der Waals surface area contributed by atoms with Gasteiger partial charge in [-0.05, 0) is 24.6 Å². The van der Waals surface area contributed by atoms with Crippen LogP contribution in [0.2, 0.25) is 0 Å². The molecule has 2 rings (SSSR count). The maximum absolute atomic E-state index is 13.1. The third-order valence-electron chi connectivity index (χ3n) is 2.85. The van der Waals surface area contributed by atoms with Gasteiger partial charge in [-0.3, -0.25) is 4.79 Å². The van der Waals surface area contributed by atoms with Gasteiger partial charge < -0.3 is 10.6 Å². The zero-order valence-corrected chi connectivity index (χ0v) is 11.2. The number of amides is 1. The molecule has 1 aromatic carbocycles. The van der Waals surface area contributed by atoms with E-state index in [4.69, 9.17) is 5.73 Å². The van der Waals surface area contributed by atoms with Gasteiger partial charge in [0.25, 0.3) is 0 Å². The first-order valence-corrected chi connectivity index (χ1v) is 6.25. The van der Waals surface area contributed by atoms with Crippen molar-refractivity contribution in [3.8, 4) is 0 Å². The van der Waals surface area contributed by atoms with Gasteiger partial charge in [0.15, 0.2) is 0 Å². The van der Waals surface area contributed by atoms with E-state index in [2.05, 4.69) is 10.1 Å². The molecule has 0 unspecified atom stereocenters. The number of rotatable bonds is 5. The van der Waals surface area contributed by atoms with Crippen LogP contribution in [-0.2, 0) is 17.9 Å². The topological polar surface area (TPSA) is 77.0 Å². The first-order valence-electron chi connectivity index (χ1n) is 6.25. The molecule has 0 saturated carbocycles. The SMILES string of the molecule is CCN(Cc1cccc(F)c1)C(=O)Cn1cnc(N)n1. The molecular formula is C13H16FN5O. The van der Waals surface area contributed by atoms with E-state index in [0.29, 0.717) is 13.1 Å². The molecule has 106 valence electrons. The second kappa shape index (κ2) is 6.14. The highest BCUT2D eigenvalue weighted by Gasteiger charge is 2.13. The highest BCUT2D eigenvalue weighted by Crippen LogP contribution is 2.08. The van der Waals surface area contributed by atoms with E-state index in [1.165, 1.54) is 23.1 Å². The minimum atomic E-state index is -0.310. The average molecular weight is 277 g/mol. The Morgan fingerprint density at radius 1 is 1.50 bits per heavy atom. The van der Waals surface area contributed by atoms with Crippen LogP contribution in [0.15, 0.2) is 30.6 Å². The molecule has 0 aliphatic rings. The van der Waals surface area contributed by atoms with Crippen molar-refractivity contribution in [2.45, 2.75) is 20.0 Å². The molecule has 0 aliphatic heterocycles. The predicted molar refractivity (Wildman–Crippen MR) is 71.9 cm³/mol. The molecule has 2 N–H and O–H groups in total. The van der Waals surface area contributed by atoms with Gasteiger partial charge in [0, 0.05) is 13.1 Å². The van der Waals surface area contributed by atoms with E-state index in [1.54, 1.807) is 17.0 Å². The van der Waals surface area contributed by atoms with Gasteiger partial charge in [-0.15, -0.1) is 5.10 Å². The Morgan fingerprint density at radius 3 is 2.90 bits per heavy atom. The lowest BCUT2D eigenvalue weighted by Crippen LogP contribution is -2.33. The fourth-order valence-corrected chi connectivity index (χ4v) is 1.86. The van der Waals surface area contributed by atoms with Gasteiger partial charge in [0.05, 0.1) is 0 Å². The number of carbonyl (C=O) groups excluding carboxylic acids is 1. The summed E-state index contributed by atoms with van der Waals surface area (Å²) in [7, 11) is 0. The number of benzene rings is 1. The van der Waals surface area contributed by atoms with Crippen molar-refractivity contribution >= 4 is 11.9 Å². The Balaban J connectivity index is 2.02. The molecule has 0 aliphatic carbocycles. The molecule has 6 nitrogen and oxygen atoms in total. The number of carbonyl (C=O) groups is 1. The van der Waals surface area contributed by atoms with E-state index in [-0.39, 0.29) is 24.2 Å². The molecule has 0 saturated heterocycles. The lowest BCUT2D eigenvalue weighted by molar-refractivity contribution is -0.132. The first-order chi connectivity index (χ1) is 9.58. The van der Waals surface area contributed by atoms with Gasteiger partial charge in [0.1, 0.15) is 18.7 Å². The predicted octanol–water partition coefficient (Wildman–Crippen LogP) is 1.05. The summed E-state index contributed by atoms with van der Waals surface area (Å²) < 4.78 is 14.5. The molecule has 0 bridgehead atoms. The van der Waals surface area contributed by atoms with Crippen LogP contribution >= 0.6 is 0 Å². The summed E-state index contributed by atoms with van der Waals surface area (Å²) in [5.74, 6) is -0.303. The van der Waals surface area contributed by atoms with Crippen molar-refractivity contribution in [2.24, 2.45) is 0 Å². The zero-order valence-electron chi connectivity index (χ0n) is 11.2. The van der Waals surface area contributed by atoms with E-state index < -0.39 is 0 Å². The summed E-state index contributed by atoms with van der Waals surface area (Å²) in [5.41, 5.74) is 6.14. The van der Waals surface area contributed by atoms with Crippen LogP contribution in [0.5, 0.6) is 0 Å². The average Bonchev–Trinajstić information content (AvgIpc) is 2.81. The van der Waals surface area contributed by atoms with Gasteiger partial charge in [-0.1, -0.05) is 12.1 Å². The third-order valence-corrected chi connectivity index (χ3v) is 2.85. The summed E-state index contributed by atoms with van der Waals surface area (Å²) >= 11 is 0. The number of nitrogens with zero attached hydrogens (tertiary/aromatic N) is 4. The smallest absolute Gasteiger partial charge is 0.244 e. The van der Waals surface area contributed by atoms with Crippen LogP contribution in [0, 0.1) is 5.82 Å². The minimum Gasteiger partial charge on any atom is -0.367 e. The largest absolute Gasteiger partial charge is 0.367 e. The molecule has 7 heteroatoms. The van der Waals surface area contributed by atoms with Crippen molar-refractivity contribution in [3.63, 3.8) is 0 Å². The summed E-state index contributed by atoms with van der Waals surface area (Å²) in [6.45, 7) is 2.82. The number of likely N-dealkylation sites (N-methyl/N-ethyl adjacent to an activating group) is 1. The highest BCUT2D eigenvalue weighted by atomic mass is 19.1.